The normalized spacial score (nSPS) is 14.3. The molecule has 0 fully saturated rings. The molecule has 2 aromatic rings. The maximum absolute atomic E-state index is 14.2. The van der Waals surface area contributed by atoms with E-state index in [-0.39, 0.29) is 17.4 Å². The molecule has 1 unspecified atom stereocenters. The Morgan fingerprint density at radius 1 is 0.844 bits per heavy atom. The first-order valence-corrected chi connectivity index (χ1v) is 18.5. The van der Waals surface area contributed by atoms with Gasteiger partial charge in [-0.15, -0.1) is 0 Å². The lowest BCUT2D eigenvalue weighted by atomic mass is 9.90. The van der Waals surface area contributed by atoms with Crippen molar-refractivity contribution in [2.24, 2.45) is 16.0 Å². The van der Waals surface area contributed by atoms with Gasteiger partial charge in [-0.3, -0.25) is 4.79 Å². The third-order valence-corrected chi connectivity index (χ3v) is 9.50. The molecule has 1 aliphatic heterocycles. The summed E-state index contributed by atoms with van der Waals surface area (Å²) < 4.78 is 1.58. The van der Waals surface area contributed by atoms with E-state index in [9.17, 15) is 4.79 Å². The van der Waals surface area contributed by atoms with E-state index in [1.54, 1.807) is 4.68 Å². The first-order valence-electron chi connectivity index (χ1n) is 18.5. The van der Waals surface area contributed by atoms with Gasteiger partial charge >= 0.3 is 0 Å². The van der Waals surface area contributed by atoms with E-state index < -0.39 is 0 Å². The van der Waals surface area contributed by atoms with Crippen LogP contribution in [0.25, 0.3) is 0 Å². The second kappa shape index (κ2) is 19.0. The number of hydrogen-bond acceptors (Lipinski definition) is 5. The Morgan fingerprint density at radius 2 is 1.47 bits per heavy atom. The fourth-order valence-corrected chi connectivity index (χ4v) is 6.59. The number of fused-ring (bicyclic) bond motifs is 1. The van der Waals surface area contributed by atoms with Gasteiger partial charge in [0.15, 0.2) is 5.82 Å². The molecule has 0 bridgehead atoms. The van der Waals surface area contributed by atoms with Crippen LogP contribution in [0, 0.1) is 12.8 Å². The highest BCUT2D eigenvalue weighted by Crippen LogP contribution is 2.30. The van der Waals surface area contributed by atoms with Crippen molar-refractivity contribution in [2.75, 3.05) is 18.0 Å². The van der Waals surface area contributed by atoms with Gasteiger partial charge in [-0.1, -0.05) is 105 Å². The molecule has 0 radical (unpaired) electrons. The van der Waals surface area contributed by atoms with Gasteiger partial charge in [-0.05, 0) is 76.1 Å². The average molecular weight is 618 g/mol. The summed E-state index contributed by atoms with van der Waals surface area (Å²) in [4.78, 5) is 27.1. The third kappa shape index (κ3) is 9.86. The molecule has 1 aliphatic rings. The minimum Gasteiger partial charge on any atom is -0.372 e. The monoisotopic (exact) mass is 618 g/mol. The molecule has 0 N–H and O–H groups in total. The predicted octanol–water partition coefficient (Wildman–Crippen LogP) is 10.5. The van der Waals surface area contributed by atoms with E-state index in [0.29, 0.717) is 5.82 Å². The van der Waals surface area contributed by atoms with Gasteiger partial charge in [-0.25, -0.2) is 9.98 Å². The predicted molar refractivity (Wildman–Crippen MR) is 195 cm³/mol. The molecule has 1 aromatic carbocycles. The molecule has 250 valence electrons. The number of aromatic nitrogens is 2. The maximum Gasteiger partial charge on any atom is 0.277 e. The highest BCUT2D eigenvalue weighted by molar-refractivity contribution is 6.49. The number of nitrogens with zero attached hydrogens (tertiary/aromatic N) is 5. The van der Waals surface area contributed by atoms with Crippen LogP contribution in [0.5, 0.6) is 0 Å². The van der Waals surface area contributed by atoms with Crippen molar-refractivity contribution in [3.63, 3.8) is 0 Å². The van der Waals surface area contributed by atoms with Crippen LogP contribution in [0.4, 0.5) is 11.4 Å². The van der Waals surface area contributed by atoms with Crippen LogP contribution in [0.1, 0.15) is 167 Å². The van der Waals surface area contributed by atoms with Crippen LogP contribution in [-0.2, 0) is 6.42 Å². The summed E-state index contributed by atoms with van der Waals surface area (Å²) >= 11 is 0. The number of benzene rings is 1. The van der Waals surface area contributed by atoms with Crippen molar-refractivity contribution < 1.29 is 0 Å². The minimum atomic E-state index is 0.0119. The smallest absolute Gasteiger partial charge is 0.277 e. The number of hydrogen-bond donors (Lipinski definition) is 0. The van der Waals surface area contributed by atoms with Gasteiger partial charge in [0, 0.05) is 30.3 Å². The molecular formula is C39H63N5O. The molecule has 0 spiro atoms. The Hall–Kier alpha value is -2.76. The molecule has 1 aromatic heterocycles. The van der Waals surface area contributed by atoms with Gasteiger partial charge in [0.2, 0.25) is 0 Å². The Morgan fingerprint density at radius 3 is 2.02 bits per heavy atom. The molecule has 2 heterocycles. The average Bonchev–Trinajstić information content (AvgIpc) is 3.40. The number of unbranched alkanes of at least 4 members (excludes halogenated alkanes) is 10. The van der Waals surface area contributed by atoms with Crippen LogP contribution in [0.15, 0.2) is 33.1 Å². The number of aliphatic imine (C=N–C) groups is 1. The molecule has 0 aliphatic carbocycles. The summed E-state index contributed by atoms with van der Waals surface area (Å²) in [5.41, 5.74) is 6.72. The second-order valence-electron chi connectivity index (χ2n) is 13.3. The lowest BCUT2D eigenvalue weighted by molar-refractivity contribution is 0.535. The summed E-state index contributed by atoms with van der Waals surface area (Å²) in [5.74, 6) is 1.02. The van der Waals surface area contributed by atoms with E-state index in [1.807, 2.05) is 0 Å². The molecule has 0 saturated heterocycles. The van der Waals surface area contributed by atoms with Crippen molar-refractivity contribution in [1.29, 1.82) is 0 Å². The fraction of sp³-hybridized carbons (Fsp3) is 0.692. The molecule has 3 rings (SSSR count). The lowest BCUT2D eigenvalue weighted by Crippen LogP contribution is -2.28. The fourth-order valence-electron chi connectivity index (χ4n) is 6.59. The van der Waals surface area contributed by atoms with Crippen molar-refractivity contribution in [1.82, 2.24) is 9.66 Å². The highest BCUT2D eigenvalue weighted by atomic mass is 16.1. The van der Waals surface area contributed by atoms with Gasteiger partial charge in [0.1, 0.15) is 5.71 Å². The zero-order chi connectivity index (χ0) is 32.8. The largest absolute Gasteiger partial charge is 0.372 e. The van der Waals surface area contributed by atoms with Crippen molar-refractivity contribution in [3.05, 3.63) is 51.2 Å². The van der Waals surface area contributed by atoms with Crippen LogP contribution in [0.2, 0.25) is 0 Å². The van der Waals surface area contributed by atoms with Gasteiger partial charge in [0.25, 0.3) is 5.56 Å². The maximum atomic E-state index is 14.2. The molecule has 6 heteroatoms. The number of anilines is 1. The molecule has 0 amide bonds. The minimum absolute atomic E-state index is 0.0119. The van der Waals surface area contributed by atoms with Crippen LogP contribution >= 0.6 is 0 Å². The van der Waals surface area contributed by atoms with Crippen molar-refractivity contribution >= 4 is 22.8 Å². The van der Waals surface area contributed by atoms with E-state index in [2.05, 4.69) is 78.5 Å². The first kappa shape index (κ1) is 36.7. The molecular weight excluding hydrogens is 554 g/mol. The van der Waals surface area contributed by atoms with Crippen LogP contribution < -0.4 is 10.5 Å². The van der Waals surface area contributed by atoms with Gasteiger partial charge in [0.05, 0.1) is 17.1 Å². The third-order valence-electron chi connectivity index (χ3n) is 9.50. The summed E-state index contributed by atoms with van der Waals surface area (Å²) in [5, 5.41) is 4.90. The van der Waals surface area contributed by atoms with Crippen LogP contribution in [-0.4, -0.2) is 34.2 Å². The SMILES string of the molecule is CCCCCCCCCCCCc1c(C(CC)CCCC)nc2n(c1=O)N=C(C(C)C)C2=Nc1ccc(N(CC)CC)cc1C. The van der Waals surface area contributed by atoms with E-state index in [1.165, 1.54) is 57.1 Å². The standard InChI is InChI=1S/C39H63N5O/c1-9-14-16-17-18-19-20-21-22-23-25-33-36(31(11-3)24-15-10-2)41-38-37(35(29(6)7)42-44(38)39(33)45)40-34-27-26-32(28-30(34)8)43(12-4)13-5/h26-29,31H,9-25H2,1-8H3. The summed E-state index contributed by atoms with van der Waals surface area (Å²) in [6, 6.07) is 6.47. The lowest BCUT2D eigenvalue weighted by Gasteiger charge is -2.22. The number of aryl methyl sites for hydroxylation is 1. The summed E-state index contributed by atoms with van der Waals surface area (Å²) in [6.45, 7) is 19.4. The molecule has 6 nitrogen and oxygen atoms in total. The molecule has 45 heavy (non-hydrogen) atoms. The van der Waals surface area contributed by atoms with E-state index in [4.69, 9.17) is 15.1 Å². The Bertz CT molecular complexity index is 1320. The van der Waals surface area contributed by atoms with Crippen molar-refractivity contribution in [3.8, 4) is 0 Å². The van der Waals surface area contributed by atoms with E-state index in [0.717, 1.165) is 92.0 Å². The van der Waals surface area contributed by atoms with E-state index >= 15 is 0 Å². The Labute approximate surface area is 274 Å². The number of rotatable bonds is 21. The highest BCUT2D eigenvalue weighted by Gasteiger charge is 2.31. The quantitative estimate of drug-likeness (QED) is 0.131. The Balaban J connectivity index is 1.94. The van der Waals surface area contributed by atoms with Crippen molar-refractivity contribution in [2.45, 2.75) is 158 Å². The molecule has 0 saturated carbocycles. The molecule has 1 atom stereocenters. The topological polar surface area (TPSA) is 62.9 Å². The summed E-state index contributed by atoms with van der Waals surface area (Å²) in [6.07, 6.45) is 18.0. The zero-order valence-electron chi connectivity index (χ0n) is 30.1. The Kier molecular flexibility index (Phi) is 15.5. The van der Waals surface area contributed by atoms with Gasteiger partial charge in [-0.2, -0.15) is 9.78 Å². The first-order chi connectivity index (χ1) is 21.8. The van der Waals surface area contributed by atoms with Crippen LogP contribution in [0.3, 0.4) is 0 Å². The zero-order valence-corrected chi connectivity index (χ0v) is 30.1. The second-order valence-corrected chi connectivity index (χ2v) is 13.3. The summed E-state index contributed by atoms with van der Waals surface area (Å²) in [7, 11) is 0. The van der Waals surface area contributed by atoms with Gasteiger partial charge < -0.3 is 4.90 Å².